The Morgan fingerprint density at radius 1 is 0.679 bits per heavy atom. The molecule has 0 radical (unpaired) electrons. The molecular weight excluding hydrogens is 360 g/mol. The van der Waals surface area contributed by atoms with Crippen molar-refractivity contribution in [3.05, 3.63) is 108 Å². The molecule has 0 aliphatic carbocycles. The van der Waals surface area contributed by atoms with E-state index in [9.17, 15) is 0 Å². The van der Waals surface area contributed by atoms with Crippen molar-refractivity contribution in [1.82, 2.24) is 0 Å². The van der Waals surface area contributed by atoms with Crippen LogP contribution in [0.15, 0.2) is 91.0 Å². The molecule has 0 aromatic heterocycles. The van der Waals surface area contributed by atoms with Gasteiger partial charge >= 0.3 is 0 Å². The first-order valence-corrected chi connectivity index (χ1v) is 10.8. The van der Waals surface area contributed by atoms with Gasteiger partial charge in [0.25, 0.3) is 0 Å². The van der Waals surface area contributed by atoms with Crippen molar-refractivity contribution in [3.63, 3.8) is 0 Å². The maximum absolute atomic E-state index is 6.31. The summed E-state index contributed by atoms with van der Waals surface area (Å²) in [5.41, 5.74) is 16.2. The maximum atomic E-state index is 6.31. The first-order valence-electron chi connectivity index (χ1n) is 9.89. The number of rotatable bonds is 8. The monoisotopic (exact) mass is 390 g/mol. The molecule has 3 rings (SSSR count). The molecule has 146 valence electrons. The van der Waals surface area contributed by atoms with E-state index in [1.807, 2.05) is 18.7 Å². The van der Waals surface area contributed by atoms with Gasteiger partial charge in [-0.05, 0) is 30.0 Å². The fraction of sp³-hybridized carbons (Fsp3) is 0.280. The molecule has 0 saturated heterocycles. The van der Waals surface area contributed by atoms with Crippen LogP contribution in [-0.4, -0.2) is 17.3 Å². The average Bonchev–Trinajstić information content (AvgIpc) is 2.74. The van der Waals surface area contributed by atoms with E-state index in [1.165, 1.54) is 16.7 Å². The standard InChI is InChI=1S/C25H30N2S/c1-19(18-24(27)20(2)26)28-25(21-12-6-3-7-13-21,22-14-8-4-9-15-22)23-16-10-5-11-17-23/h3-17,19-20,24H,18,26-27H2,1-2H3. The van der Waals surface area contributed by atoms with Crippen LogP contribution in [-0.2, 0) is 4.75 Å². The quantitative estimate of drug-likeness (QED) is 0.522. The van der Waals surface area contributed by atoms with Gasteiger partial charge in [-0.3, -0.25) is 0 Å². The molecule has 28 heavy (non-hydrogen) atoms. The molecule has 2 nitrogen and oxygen atoms in total. The highest BCUT2D eigenvalue weighted by molar-refractivity contribution is 8.01. The zero-order chi connectivity index (χ0) is 20.0. The summed E-state index contributed by atoms with van der Waals surface area (Å²) < 4.78 is -0.305. The second-order valence-electron chi connectivity index (χ2n) is 7.47. The zero-order valence-electron chi connectivity index (χ0n) is 16.7. The molecule has 3 aromatic carbocycles. The molecular formula is C25H30N2S. The molecule has 3 aromatic rings. The maximum Gasteiger partial charge on any atom is 0.0909 e. The van der Waals surface area contributed by atoms with Crippen LogP contribution < -0.4 is 11.5 Å². The predicted molar refractivity (Wildman–Crippen MR) is 123 cm³/mol. The Balaban J connectivity index is 2.14. The van der Waals surface area contributed by atoms with E-state index in [2.05, 4.69) is 97.9 Å². The summed E-state index contributed by atoms with van der Waals surface area (Å²) in [4.78, 5) is 0. The van der Waals surface area contributed by atoms with Gasteiger partial charge in [0.2, 0.25) is 0 Å². The lowest BCUT2D eigenvalue weighted by Gasteiger charge is -2.38. The summed E-state index contributed by atoms with van der Waals surface area (Å²) in [7, 11) is 0. The largest absolute Gasteiger partial charge is 0.327 e. The third kappa shape index (κ3) is 4.49. The lowest BCUT2D eigenvalue weighted by molar-refractivity contribution is 0.522. The topological polar surface area (TPSA) is 52.0 Å². The lowest BCUT2D eigenvalue weighted by atomic mass is 9.84. The minimum absolute atomic E-state index is 0.0115. The molecule has 0 saturated carbocycles. The second-order valence-corrected chi connectivity index (χ2v) is 9.12. The van der Waals surface area contributed by atoms with E-state index in [4.69, 9.17) is 11.5 Å². The van der Waals surface area contributed by atoms with E-state index in [-0.39, 0.29) is 16.8 Å². The molecule has 0 amide bonds. The van der Waals surface area contributed by atoms with Gasteiger partial charge in [-0.2, -0.15) is 0 Å². The van der Waals surface area contributed by atoms with Crippen LogP contribution >= 0.6 is 11.8 Å². The molecule has 3 atom stereocenters. The van der Waals surface area contributed by atoms with Crippen molar-refractivity contribution in [2.24, 2.45) is 11.5 Å². The Morgan fingerprint density at radius 2 is 1.04 bits per heavy atom. The zero-order valence-corrected chi connectivity index (χ0v) is 17.5. The van der Waals surface area contributed by atoms with Gasteiger partial charge < -0.3 is 11.5 Å². The molecule has 3 unspecified atom stereocenters. The fourth-order valence-electron chi connectivity index (χ4n) is 3.67. The van der Waals surface area contributed by atoms with Gasteiger partial charge in [-0.1, -0.05) is 97.9 Å². The number of nitrogens with two attached hydrogens (primary N) is 2. The molecule has 3 heteroatoms. The molecule has 0 heterocycles. The summed E-state index contributed by atoms with van der Waals surface area (Å²) in [6.45, 7) is 4.25. The van der Waals surface area contributed by atoms with E-state index in [1.54, 1.807) is 0 Å². The van der Waals surface area contributed by atoms with Crippen molar-refractivity contribution >= 4 is 11.8 Å². The SMILES string of the molecule is CC(CC(N)C(C)N)SC(c1ccccc1)(c1ccccc1)c1ccccc1. The molecule has 0 bridgehead atoms. The fourth-order valence-corrected chi connectivity index (χ4v) is 5.41. The Bertz CT molecular complexity index is 738. The summed E-state index contributed by atoms with van der Waals surface area (Å²) in [6, 6.07) is 32.3. The third-order valence-electron chi connectivity index (χ3n) is 5.20. The summed E-state index contributed by atoms with van der Waals surface area (Å²) >= 11 is 1.96. The van der Waals surface area contributed by atoms with E-state index in [0.29, 0.717) is 5.25 Å². The van der Waals surface area contributed by atoms with Gasteiger partial charge in [0.15, 0.2) is 0 Å². The third-order valence-corrected chi connectivity index (χ3v) is 6.85. The van der Waals surface area contributed by atoms with Gasteiger partial charge in [-0.25, -0.2) is 0 Å². The molecule has 0 spiro atoms. The van der Waals surface area contributed by atoms with E-state index in [0.717, 1.165) is 6.42 Å². The summed E-state index contributed by atoms with van der Waals surface area (Å²) in [5, 5.41) is 0.335. The van der Waals surface area contributed by atoms with Crippen LogP contribution in [0.25, 0.3) is 0 Å². The first-order chi connectivity index (χ1) is 13.5. The van der Waals surface area contributed by atoms with Crippen molar-refractivity contribution < 1.29 is 0 Å². The first kappa shape index (κ1) is 20.7. The Labute approximate surface area is 173 Å². The van der Waals surface area contributed by atoms with Crippen LogP contribution in [0.5, 0.6) is 0 Å². The molecule has 0 aliphatic rings. The second kappa shape index (κ2) is 9.42. The number of thioether (sulfide) groups is 1. The highest BCUT2D eigenvalue weighted by atomic mass is 32.2. The van der Waals surface area contributed by atoms with E-state index < -0.39 is 0 Å². The van der Waals surface area contributed by atoms with Gasteiger partial charge in [0.1, 0.15) is 0 Å². The molecule has 4 N–H and O–H groups in total. The van der Waals surface area contributed by atoms with Crippen LogP contribution in [0, 0.1) is 0 Å². The number of hydrogen-bond acceptors (Lipinski definition) is 3. The normalized spacial score (nSPS) is 15.0. The highest BCUT2D eigenvalue weighted by Gasteiger charge is 2.38. The van der Waals surface area contributed by atoms with Crippen LogP contribution in [0.1, 0.15) is 37.0 Å². The van der Waals surface area contributed by atoms with Gasteiger partial charge in [-0.15, -0.1) is 11.8 Å². The lowest BCUT2D eigenvalue weighted by Crippen LogP contribution is -2.41. The smallest absolute Gasteiger partial charge is 0.0909 e. The van der Waals surface area contributed by atoms with Gasteiger partial charge in [0, 0.05) is 17.3 Å². The molecule has 0 fully saturated rings. The van der Waals surface area contributed by atoms with Gasteiger partial charge in [0.05, 0.1) is 4.75 Å². The van der Waals surface area contributed by atoms with Crippen molar-refractivity contribution in [2.75, 3.05) is 0 Å². The molecule has 0 aliphatic heterocycles. The number of hydrogen-bond donors (Lipinski definition) is 2. The average molecular weight is 391 g/mol. The van der Waals surface area contributed by atoms with Crippen molar-refractivity contribution in [2.45, 2.75) is 42.3 Å². The Kier molecular flexibility index (Phi) is 6.95. The minimum Gasteiger partial charge on any atom is -0.327 e. The number of benzene rings is 3. The minimum atomic E-state index is -0.305. The Hall–Kier alpha value is -2.07. The van der Waals surface area contributed by atoms with Crippen LogP contribution in [0.4, 0.5) is 0 Å². The van der Waals surface area contributed by atoms with Crippen LogP contribution in [0.2, 0.25) is 0 Å². The van der Waals surface area contributed by atoms with Crippen molar-refractivity contribution in [1.29, 1.82) is 0 Å². The predicted octanol–water partition coefficient (Wildman–Crippen LogP) is 5.16. The van der Waals surface area contributed by atoms with Crippen molar-refractivity contribution in [3.8, 4) is 0 Å². The summed E-state index contributed by atoms with van der Waals surface area (Å²) in [6.07, 6.45) is 0.872. The van der Waals surface area contributed by atoms with E-state index >= 15 is 0 Å². The Morgan fingerprint density at radius 3 is 1.36 bits per heavy atom. The highest BCUT2D eigenvalue weighted by Crippen LogP contribution is 2.50. The van der Waals surface area contributed by atoms with Crippen LogP contribution in [0.3, 0.4) is 0 Å². The summed E-state index contributed by atoms with van der Waals surface area (Å²) in [5.74, 6) is 0.